The average molecular weight is 313 g/mol. The standard InChI is InChI=1S/C13H23N5O2S/c1-16-10-12(13(14)15-16)21(19,20)18-8-5-11(9-18)17-6-3-2-4-7-17/h10-11H,2-9H2,1H3,(H2,14,15). The van der Waals surface area contributed by atoms with Crippen LogP contribution in [0.1, 0.15) is 25.7 Å². The summed E-state index contributed by atoms with van der Waals surface area (Å²) in [5, 5.41) is 3.94. The van der Waals surface area contributed by atoms with Crippen molar-refractivity contribution in [3.05, 3.63) is 6.20 Å². The fourth-order valence-electron chi connectivity index (χ4n) is 3.33. The van der Waals surface area contributed by atoms with Gasteiger partial charge in [0, 0.05) is 32.4 Å². The van der Waals surface area contributed by atoms with E-state index in [-0.39, 0.29) is 10.7 Å². The highest BCUT2D eigenvalue weighted by molar-refractivity contribution is 7.89. The highest BCUT2D eigenvalue weighted by Crippen LogP contribution is 2.27. The summed E-state index contributed by atoms with van der Waals surface area (Å²) in [5.74, 6) is 0.0823. The van der Waals surface area contributed by atoms with Gasteiger partial charge in [-0.3, -0.25) is 9.58 Å². The molecule has 1 unspecified atom stereocenters. The lowest BCUT2D eigenvalue weighted by atomic mass is 10.1. The molecule has 1 aromatic heterocycles. The van der Waals surface area contributed by atoms with Crippen LogP contribution in [0, 0.1) is 0 Å². The van der Waals surface area contributed by atoms with Gasteiger partial charge in [-0.05, 0) is 32.4 Å². The van der Waals surface area contributed by atoms with Gasteiger partial charge in [0.05, 0.1) is 0 Å². The van der Waals surface area contributed by atoms with Crippen molar-refractivity contribution in [2.24, 2.45) is 7.05 Å². The maximum atomic E-state index is 12.7. The zero-order valence-corrected chi connectivity index (χ0v) is 13.2. The lowest BCUT2D eigenvalue weighted by molar-refractivity contribution is 0.169. The zero-order valence-electron chi connectivity index (χ0n) is 12.4. The van der Waals surface area contributed by atoms with Crippen LogP contribution in [0.5, 0.6) is 0 Å². The third-order valence-corrected chi connectivity index (χ3v) is 6.35. The molecule has 118 valence electrons. The molecule has 7 nitrogen and oxygen atoms in total. The minimum atomic E-state index is -3.52. The summed E-state index contributed by atoms with van der Waals surface area (Å²) in [7, 11) is -1.85. The number of aryl methyl sites for hydroxylation is 1. The Labute approximate surface area is 125 Å². The molecule has 8 heteroatoms. The van der Waals surface area contributed by atoms with E-state index in [0.717, 1.165) is 19.5 Å². The van der Waals surface area contributed by atoms with Crippen molar-refractivity contribution in [1.29, 1.82) is 0 Å². The minimum Gasteiger partial charge on any atom is -0.381 e. The van der Waals surface area contributed by atoms with Gasteiger partial charge < -0.3 is 5.73 Å². The number of sulfonamides is 1. The van der Waals surface area contributed by atoms with Crippen molar-refractivity contribution in [2.75, 3.05) is 31.9 Å². The Morgan fingerprint density at radius 3 is 2.57 bits per heavy atom. The molecule has 21 heavy (non-hydrogen) atoms. The van der Waals surface area contributed by atoms with Crippen LogP contribution in [0.3, 0.4) is 0 Å². The Balaban J connectivity index is 1.74. The summed E-state index contributed by atoms with van der Waals surface area (Å²) in [4.78, 5) is 2.57. The number of likely N-dealkylation sites (tertiary alicyclic amines) is 1. The van der Waals surface area contributed by atoms with Crippen LogP contribution in [0.15, 0.2) is 11.1 Å². The molecule has 2 saturated heterocycles. The van der Waals surface area contributed by atoms with Gasteiger partial charge in [-0.2, -0.15) is 9.40 Å². The highest BCUT2D eigenvalue weighted by Gasteiger charge is 2.37. The number of rotatable bonds is 3. The fourth-order valence-corrected chi connectivity index (χ4v) is 4.92. The normalized spacial score (nSPS) is 25.5. The van der Waals surface area contributed by atoms with E-state index < -0.39 is 10.0 Å². The summed E-state index contributed by atoms with van der Waals surface area (Å²) in [6, 6.07) is 0.345. The quantitative estimate of drug-likeness (QED) is 0.865. The first-order valence-corrected chi connectivity index (χ1v) is 8.96. The van der Waals surface area contributed by atoms with Crippen LogP contribution >= 0.6 is 0 Å². The molecular weight excluding hydrogens is 290 g/mol. The molecule has 0 saturated carbocycles. The fraction of sp³-hybridized carbons (Fsp3) is 0.769. The molecule has 0 aliphatic carbocycles. The van der Waals surface area contributed by atoms with Crippen LogP contribution in [-0.4, -0.2) is 59.6 Å². The largest absolute Gasteiger partial charge is 0.381 e. The number of nitrogen functional groups attached to an aromatic ring is 1. The first kappa shape index (κ1) is 14.8. The molecule has 1 aromatic rings. The Kier molecular flexibility index (Phi) is 3.94. The SMILES string of the molecule is Cn1cc(S(=O)(=O)N2CCC(N3CCCCC3)C2)c(N)n1. The van der Waals surface area contributed by atoms with Gasteiger partial charge in [0.25, 0.3) is 0 Å². The molecule has 2 aliphatic rings. The van der Waals surface area contributed by atoms with E-state index in [4.69, 9.17) is 5.73 Å². The number of aromatic nitrogens is 2. The number of hydrogen-bond acceptors (Lipinski definition) is 5. The smallest absolute Gasteiger partial charge is 0.248 e. The van der Waals surface area contributed by atoms with E-state index >= 15 is 0 Å². The molecular formula is C13H23N5O2S. The molecule has 0 spiro atoms. The third-order valence-electron chi connectivity index (χ3n) is 4.47. The van der Waals surface area contributed by atoms with Crippen molar-refractivity contribution in [1.82, 2.24) is 19.0 Å². The lowest BCUT2D eigenvalue weighted by Crippen LogP contribution is -2.41. The second-order valence-corrected chi connectivity index (χ2v) is 7.86. The van der Waals surface area contributed by atoms with E-state index in [1.54, 1.807) is 11.4 Å². The van der Waals surface area contributed by atoms with Crippen LogP contribution < -0.4 is 5.73 Å². The summed E-state index contributed by atoms with van der Waals surface area (Å²) < 4.78 is 28.3. The van der Waals surface area contributed by atoms with Gasteiger partial charge in [-0.1, -0.05) is 6.42 Å². The maximum absolute atomic E-state index is 12.7. The van der Waals surface area contributed by atoms with Crippen LogP contribution in [0.2, 0.25) is 0 Å². The molecule has 0 radical (unpaired) electrons. The van der Waals surface area contributed by atoms with Crippen molar-refractivity contribution < 1.29 is 8.42 Å². The number of anilines is 1. The Morgan fingerprint density at radius 2 is 1.95 bits per heavy atom. The summed E-state index contributed by atoms with van der Waals surface area (Å²) in [5.41, 5.74) is 5.72. The van der Waals surface area contributed by atoms with E-state index in [0.29, 0.717) is 19.1 Å². The highest BCUT2D eigenvalue weighted by atomic mass is 32.2. The molecule has 2 N–H and O–H groups in total. The number of hydrogen-bond donors (Lipinski definition) is 1. The lowest BCUT2D eigenvalue weighted by Gasteiger charge is -2.32. The van der Waals surface area contributed by atoms with Gasteiger partial charge in [0.2, 0.25) is 10.0 Å². The molecule has 1 atom stereocenters. The van der Waals surface area contributed by atoms with Gasteiger partial charge in [-0.25, -0.2) is 8.42 Å². The molecule has 0 aromatic carbocycles. The molecule has 3 rings (SSSR count). The predicted octanol–water partition coefficient (Wildman–Crippen LogP) is 0.251. The summed E-state index contributed by atoms with van der Waals surface area (Å²) >= 11 is 0. The number of nitrogens with two attached hydrogens (primary N) is 1. The number of piperidine rings is 1. The van der Waals surface area contributed by atoms with Crippen molar-refractivity contribution >= 4 is 15.8 Å². The zero-order chi connectivity index (χ0) is 15.0. The predicted molar refractivity (Wildman–Crippen MR) is 80.2 cm³/mol. The van der Waals surface area contributed by atoms with Gasteiger partial charge in [-0.15, -0.1) is 0 Å². The molecule has 2 fully saturated rings. The molecule has 0 amide bonds. The van der Waals surface area contributed by atoms with Crippen molar-refractivity contribution in [3.63, 3.8) is 0 Å². The van der Waals surface area contributed by atoms with Crippen molar-refractivity contribution in [2.45, 2.75) is 36.6 Å². The van der Waals surface area contributed by atoms with Crippen LogP contribution in [-0.2, 0) is 17.1 Å². The second-order valence-electron chi connectivity index (χ2n) is 5.95. The van der Waals surface area contributed by atoms with Gasteiger partial charge >= 0.3 is 0 Å². The molecule has 0 bridgehead atoms. The van der Waals surface area contributed by atoms with E-state index in [1.807, 2.05) is 0 Å². The Hall–Kier alpha value is -1.12. The third kappa shape index (κ3) is 2.79. The van der Waals surface area contributed by atoms with Gasteiger partial charge in [0.1, 0.15) is 4.90 Å². The monoisotopic (exact) mass is 313 g/mol. The van der Waals surface area contributed by atoms with E-state index in [2.05, 4.69) is 10.00 Å². The Bertz CT molecular complexity index is 606. The summed E-state index contributed by atoms with van der Waals surface area (Å²) in [6.07, 6.45) is 6.12. The minimum absolute atomic E-state index is 0.0823. The molecule has 2 aliphatic heterocycles. The first-order chi connectivity index (χ1) is 9.98. The van der Waals surface area contributed by atoms with E-state index in [9.17, 15) is 8.42 Å². The van der Waals surface area contributed by atoms with Gasteiger partial charge in [0.15, 0.2) is 5.82 Å². The Morgan fingerprint density at radius 1 is 1.24 bits per heavy atom. The van der Waals surface area contributed by atoms with Crippen molar-refractivity contribution in [3.8, 4) is 0 Å². The van der Waals surface area contributed by atoms with Crippen LogP contribution in [0.4, 0.5) is 5.82 Å². The maximum Gasteiger partial charge on any atom is 0.248 e. The molecule has 3 heterocycles. The summed E-state index contributed by atoms with van der Waals surface area (Å²) in [6.45, 7) is 3.32. The van der Waals surface area contributed by atoms with Crippen LogP contribution in [0.25, 0.3) is 0 Å². The topological polar surface area (TPSA) is 84.5 Å². The second kappa shape index (κ2) is 5.58. The number of nitrogens with zero attached hydrogens (tertiary/aromatic N) is 4. The first-order valence-electron chi connectivity index (χ1n) is 7.52. The van der Waals surface area contributed by atoms with E-state index in [1.165, 1.54) is 30.1 Å². The average Bonchev–Trinajstić information content (AvgIpc) is 3.07.